The van der Waals surface area contributed by atoms with Crippen LogP contribution in [0.4, 0.5) is 11.6 Å². The summed E-state index contributed by atoms with van der Waals surface area (Å²) in [6.45, 7) is 7.05. The molecule has 1 N–H and O–H groups in total. The van der Waals surface area contributed by atoms with E-state index < -0.39 is 0 Å². The maximum atomic E-state index is 8.66. The van der Waals surface area contributed by atoms with E-state index in [9.17, 15) is 0 Å². The van der Waals surface area contributed by atoms with Crippen LogP contribution in [-0.2, 0) is 0 Å². The molecule has 18 heavy (non-hydrogen) atoms. The Morgan fingerprint density at radius 1 is 1.33 bits per heavy atom. The van der Waals surface area contributed by atoms with Gasteiger partial charge in [-0.15, -0.1) is 0 Å². The number of piperazine rings is 1. The Hall–Kier alpha value is -1.87. The van der Waals surface area contributed by atoms with Crippen molar-refractivity contribution in [2.24, 2.45) is 0 Å². The van der Waals surface area contributed by atoms with E-state index in [1.165, 1.54) is 0 Å². The molecule has 1 fully saturated rings. The highest BCUT2D eigenvalue weighted by molar-refractivity contribution is 5.48. The van der Waals surface area contributed by atoms with Gasteiger partial charge < -0.3 is 10.2 Å². The second-order valence-corrected chi connectivity index (χ2v) is 4.21. The van der Waals surface area contributed by atoms with Gasteiger partial charge in [0.25, 0.3) is 0 Å². The highest BCUT2D eigenvalue weighted by atomic mass is 15.3. The molecular weight excluding hydrogens is 228 g/mol. The summed E-state index contributed by atoms with van der Waals surface area (Å²) in [7, 11) is 0. The molecule has 1 aliphatic rings. The Kier molecular flexibility index (Phi) is 4.31. The smallest absolute Gasteiger partial charge is 0.134 e. The molecule has 96 valence electrons. The molecule has 0 spiro atoms. The molecule has 2 heterocycles. The molecular formula is C12H18N6. The molecule has 6 heteroatoms. The van der Waals surface area contributed by atoms with Crippen molar-refractivity contribution in [1.29, 1.82) is 5.26 Å². The van der Waals surface area contributed by atoms with E-state index in [1.54, 1.807) is 6.33 Å². The van der Waals surface area contributed by atoms with Crippen molar-refractivity contribution in [3.8, 4) is 6.07 Å². The Bertz CT molecular complexity index is 419. The minimum absolute atomic E-state index is 0.514. The van der Waals surface area contributed by atoms with Gasteiger partial charge in [0.2, 0.25) is 0 Å². The maximum Gasteiger partial charge on any atom is 0.134 e. The van der Waals surface area contributed by atoms with Crippen LogP contribution < -0.4 is 10.2 Å². The van der Waals surface area contributed by atoms with Gasteiger partial charge >= 0.3 is 0 Å². The zero-order valence-electron chi connectivity index (χ0n) is 10.6. The first-order valence-electron chi connectivity index (χ1n) is 6.23. The topological polar surface area (TPSA) is 68.1 Å². The van der Waals surface area contributed by atoms with Crippen molar-refractivity contribution in [3.05, 3.63) is 12.4 Å². The lowest BCUT2D eigenvalue weighted by Gasteiger charge is -2.34. The maximum absolute atomic E-state index is 8.66. The van der Waals surface area contributed by atoms with Gasteiger partial charge in [-0.1, -0.05) is 0 Å². The number of anilines is 2. The van der Waals surface area contributed by atoms with Gasteiger partial charge in [-0.05, 0) is 6.92 Å². The summed E-state index contributed by atoms with van der Waals surface area (Å²) in [5, 5.41) is 11.8. The van der Waals surface area contributed by atoms with E-state index in [0.717, 1.165) is 44.4 Å². The Labute approximate surface area is 107 Å². The molecule has 0 aromatic carbocycles. The van der Waals surface area contributed by atoms with Gasteiger partial charge in [-0.2, -0.15) is 5.26 Å². The third-order valence-electron chi connectivity index (χ3n) is 3.00. The van der Waals surface area contributed by atoms with Crippen molar-refractivity contribution >= 4 is 11.6 Å². The summed E-state index contributed by atoms with van der Waals surface area (Å²) in [5.41, 5.74) is 0. The molecule has 2 rings (SSSR count). The monoisotopic (exact) mass is 246 g/mol. The molecule has 6 nitrogen and oxygen atoms in total. The van der Waals surface area contributed by atoms with Crippen LogP contribution in [0.2, 0.25) is 0 Å². The van der Waals surface area contributed by atoms with E-state index in [-0.39, 0.29) is 0 Å². The average molecular weight is 246 g/mol. The number of aromatic nitrogens is 2. The molecule has 0 bridgehead atoms. The van der Waals surface area contributed by atoms with Gasteiger partial charge in [0.1, 0.15) is 18.0 Å². The lowest BCUT2D eigenvalue weighted by Crippen LogP contribution is -2.46. The second-order valence-electron chi connectivity index (χ2n) is 4.21. The normalized spacial score (nSPS) is 16.3. The fourth-order valence-corrected chi connectivity index (χ4v) is 2.03. The third kappa shape index (κ3) is 3.08. The summed E-state index contributed by atoms with van der Waals surface area (Å²) in [6, 6.07) is 4.17. The Morgan fingerprint density at radius 3 is 2.78 bits per heavy atom. The Morgan fingerprint density at radius 2 is 2.11 bits per heavy atom. The first-order chi connectivity index (χ1) is 8.83. The number of nitrogens with one attached hydrogen (secondary N) is 1. The second kappa shape index (κ2) is 6.17. The standard InChI is InChI=1S/C12H18N6/c1-2-14-11-9-12(16-10-15-11)18-7-5-17(4-3-13)6-8-18/h9-10H,2,4-8H2,1H3,(H,14,15,16). The molecule has 0 atom stereocenters. The van der Waals surface area contributed by atoms with Gasteiger partial charge in [0.15, 0.2) is 0 Å². The van der Waals surface area contributed by atoms with Crippen molar-refractivity contribution in [3.63, 3.8) is 0 Å². The zero-order valence-corrected chi connectivity index (χ0v) is 10.6. The molecule has 0 unspecified atom stereocenters. The van der Waals surface area contributed by atoms with E-state index in [2.05, 4.69) is 31.2 Å². The number of nitrogens with zero attached hydrogens (tertiary/aromatic N) is 5. The summed E-state index contributed by atoms with van der Waals surface area (Å²) < 4.78 is 0. The summed E-state index contributed by atoms with van der Waals surface area (Å²) in [6.07, 6.45) is 1.59. The largest absolute Gasteiger partial charge is 0.370 e. The van der Waals surface area contributed by atoms with Gasteiger partial charge in [-0.25, -0.2) is 9.97 Å². The van der Waals surface area contributed by atoms with Crippen molar-refractivity contribution < 1.29 is 0 Å². The van der Waals surface area contributed by atoms with Gasteiger partial charge in [0.05, 0.1) is 12.6 Å². The van der Waals surface area contributed by atoms with Crippen LogP contribution in [0.1, 0.15) is 6.92 Å². The van der Waals surface area contributed by atoms with Crippen LogP contribution >= 0.6 is 0 Å². The summed E-state index contributed by atoms with van der Waals surface area (Å²) in [4.78, 5) is 12.9. The fraction of sp³-hybridized carbons (Fsp3) is 0.583. The zero-order chi connectivity index (χ0) is 12.8. The quantitative estimate of drug-likeness (QED) is 0.783. The summed E-state index contributed by atoms with van der Waals surface area (Å²) >= 11 is 0. The highest BCUT2D eigenvalue weighted by Crippen LogP contribution is 2.15. The van der Waals surface area contributed by atoms with E-state index in [1.807, 2.05) is 13.0 Å². The molecule has 1 aromatic heterocycles. The molecule has 0 saturated carbocycles. The van der Waals surface area contributed by atoms with Crippen molar-refractivity contribution in [1.82, 2.24) is 14.9 Å². The SMILES string of the molecule is CCNc1cc(N2CCN(CC#N)CC2)ncn1. The van der Waals surface area contributed by atoms with Crippen LogP contribution in [0.5, 0.6) is 0 Å². The van der Waals surface area contributed by atoms with E-state index in [0.29, 0.717) is 6.54 Å². The first kappa shape index (κ1) is 12.6. The number of nitriles is 1. The predicted molar refractivity (Wildman–Crippen MR) is 70.5 cm³/mol. The minimum atomic E-state index is 0.514. The third-order valence-corrected chi connectivity index (χ3v) is 3.00. The molecule has 0 aliphatic carbocycles. The van der Waals surface area contributed by atoms with E-state index >= 15 is 0 Å². The number of hydrogen-bond donors (Lipinski definition) is 1. The van der Waals surface area contributed by atoms with Crippen LogP contribution in [0.25, 0.3) is 0 Å². The first-order valence-corrected chi connectivity index (χ1v) is 6.23. The average Bonchev–Trinajstić information content (AvgIpc) is 2.41. The molecule has 1 aromatic rings. The Balaban J connectivity index is 1.97. The summed E-state index contributed by atoms with van der Waals surface area (Å²) in [5.74, 6) is 1.82. The van der Waals surface area contributed by atoms with Gasteiger partial charge in [-0.3, -0.25) is 4.90 Å². The predicted octanol–water partition coefficient (Wildman–Crippen LogP) is 0.554. The number of hydrogen-bond acceptors (Lipinski definition) is 6. The molecule has 0 radical (unpaired) electrons. The number of rotatable bonds is 4. The molecule has 1 saturated heterocycles. The van der Waals surface area contributed by atoms with Crippen molar-refractivity contribution in [2.75, 3.05) is 49.5 Å². The fourth-order valence-electron chi connectivity index (χ4n) is 2.03. The van der Waals surface area contributed by atoms with Crippen LogP contribution in [-0.4, -0.2) is 54.1 Å². The van der Waals surface area contributed by atoms with Crippen molar-refractivity contribution in [2.45, 2.75) is 6.92 Å². The minimum Gasteiger partial charge on any atom is -0.370 e. The lowest BCUT2D eigenvalue weighted by atomic mass is 10.3. The van der Waals surface area contributed by atoms with Crippen LogP contribution in [0.15, 0.2) is 12.4 Å². The van der Waals surface area contributed by atoms with E-state index in [4.69, 9.17) is 5.26 Å². The molecule has 0 amide bonds. The highest BCUT2D eigenvalue weighted by Gasteiger charge is 2.17. The van der Waals surface area contributed by atoms with Gasteiger partial charge in [0, 0.05) is 38.8 Å². The van der Waals surface area contributed by atoms with Crippen LogP contribution in [0.3, 0.4) is 0 Å². The lowest BCUT2D eigenvalue weighted by molar-refractivity contribution is 0.286. The molecule has 1 aliphatic heterocycles. The van der Waals surface area contributed by atoms with Crippen LogP contribution in [0, 0.1) is 11.3 Å².